The highest BCUT2D eigenvalue weighted by Gasteiger charge is 2.25. The molecule has 0 heterocycles. The minimum absolute atomic E-state index is 0.197. The first kappa shape index (κ1) is 16.4. The Labute approximate surface area is 120 Å². The van der Waals surface area contributed by atoms with Gasteiger partial charge in [0.1, 0.15) is 0 Å². The van der Waals surface area contributed by atoms with Gasteiger partial charge in [0.05, 0.1) is 16.0 Å². The minimum atomic E-state index is -0.925. The summed E-state index contributed by atoms with van der Waals surface area (Å²) in [6.45, 7) is 9.43. The molecule has 3 heteroatoms. The minimum Gasteiger partial charge on any atom is -0.313 e. The third-order valence-electron chi connectivity index (χ3n) is 3.45. The van der Waals surface area contributed by atoms with Crippen LogP contribution in [0.5, 0.6) is 0 Å². The van der Waals surface area contributed by atoms with Gasteiger partial charge < -0.3 is 5.32 Å². The molecule has 0 fully saturated rings. The molecule has 3 atom stereocenters. The maximum Gasteiger partial charge on any atom is 0.0576 e. The van der Waals surface area contributed by atoms with Crippen molar-refractivity contribution in [2.24, 2.45) is 0 Å². The van der Waals surface area contributed by atoms with Crippen molar-refractivity contribution in [2.75, 3.05) is 6.54 Å². The maximum atomic E-state index is 12.7. The van der Waals surface area contributed by atoms with Gasteiger partial charge in [-0.05, 0) is 38.4 Å². The molecule has 1 aromatic rings. The second kappa shape index (κ2) is 8.49. The molecule has 0 aliphatic heterocycles. The quantitative estimate of drug-likeness (QED) is 0.788. The molecule has 0 amide bonds. The van der Waals surface area contributed by atoms with E-state index in [0.717, 1.165) is 30.7 Å². The van der Waals surface area contributed by atoms with Crippen LogP contribution in [0.25, 0.3) is 0 Å². The largest absolute Gasteiger partial charge is 0.313 e. The van der Waals surface area contributed by atoms with Crippen LogP contribution >= 0.6 is 0 Å². The third kappa shape index (κ3) is 4.73. The Bertz CT molecular complexity index is 382. The smallest absolute Gasteiger partial charge is 0.0576 e. The van der Waals surface area contributed by atoms with Gasteiger partial charge in [0.2, 0.25) is 0 Å². The Balaban J connectivity index is 2.87. The van der Waals surface area contributed by atoms with Crippen LogP contribution in [0.3, 0.4) is 0 Å². The van der Waals surface area contributed by atoms with Crippen molar-refractivity contribution >= 4 is 10.8 Å². The van der Waals surface area contributed by atoms with Crippen molar-refractivity contribution in [3.05, 3.63) is 29.8 Å². The van der Waals surface area contributed by atoms with Gasteiger partial charge in [-0.25, -0.2) is 0 Å². The summed E-state index contributed by atoms with van der Waals surface area (Å²) in [5, 5.41) is 3.70. The van der Waals surface area contributed by atoms with E-state index in [4.69, 9.17) is 0 Å². The molecule has 19 heavy (non-hydrogen) atoms. The molecule has 0 spiro atoms. The van der Waals surface area contributed by atoms with E-state index < -0.39 is 10.8 Å². The summed E-state index contributed by atoms with van der Waals surface area (Å²) >= 11 is 0. The fraction of sp³-hybridized carbons (Fsp3) is 0.625. The van der Waals surface area contributed by atoms with Crippen molar-refractivity contribution in [1.82, 2.24) is 5.32 Å². The summed E-state index contributed by atoms with van der Waals surface area (Å²) in [4.78, 5) is 0.955. The molecular formula is C16H27NOS. The predicted molar refractivity (Wildman–Crippen MR) is 84.0 cm³/mol. The third-order valence-corrected chi connectivity index (χ3v) is 5.39. The molecule has 0 aliphatic carbocycles. The molecule has 1 aromatic carbocycles. The highest BCUT2D eigenvalue weighted by atomic mass is 32.2. The first-order chi connectivity index (χ1) is 9.13. The summed E-state index contributed by atoms with van der Waals surface area (Å²) in [7, 11) is -0.925. The predicted octanol–water partition coefficient (Wildman–Crippen LogP) is 3.66. The van der Waals surface area contributed by atoms with Gasteiger partial charge in [-0.1, -0.05) is 44.9 Å². The number of benzene rings is 1. The van der Waals surface area contributed by atoms with Crippen LogP contribution in [0.2, 0.25) is 0 Å². The first-order valence-corrected chi connectivity index (χ1v) is 8.55. The maximum absolute atomic E-state index is 12.7. The van der Waals surface area contributed by atoms with Gasteiger partial charge in [0.25, 0.3) is 0 Å². The van der Waals surface area contributed by atoms with E-state index >= 15 is 0 Å². The van der Waals surface area contributed by atoms with Crippen LogP contribution in [-0.4, -0.2) is 22.0 Å². The number of rotatable bonds is 8. The topological polar surface area (TPSA) is 29.1 Å². The summed E-state index contributed by atoms with van der Waals surface area (Å²) in [5.74, 6) is 0. The van der Waals surface area contributed by atoms with Crippen molar-refractivity contribution in [2.45, 2.75) is 63.1 Å². The Morgan fingerprint density at radius 3 is 2.26 bits per heavy atom. The molecule has 0 radical (unpaired) electrons. The fourth-order valence-corrected chi connectivity index (χ4v) is 4.01. The van der Waals surface area contributed by atoms with Gasteiger partial charge >= 0.3 is 0 Å². The highest BCUT2D eigenvalue weighted by Crippen LogP contribution is 2.19. The molecule has 108 valence electrons. The van der Waals surface area contributed by atoms with Crippen LogP contribution in [0.1, 0.15) is 45.6 Å². The lowest BCUT2D eigenvalue weighted by Gasteiger charge is -2.26. The Hall–Kier alpha value is -0.670. The van der Waals surface area contributed by atoms with Crippen molar-refractivity contribution in [3.63, 3.8) is 0 Å². The van der Waals surface area contributed by atoms with Gasteiger partial charge in [-0.3, -0.25) is 4.21 Å². The number of hydrogen-bond donors (Lipinski definition) is 1. The molecule has 0 saturated heterocycles. The van der Waals surface area contributed by atoms with Gasteiger partial charge in [-0.15, -0.1) is 0 Å². The van der Waals surface area contributed by atoms with Crippen LogP contribution in [-0.2, 0) is 10.8 Å². The zero-order valence-electron chi connectivity index (χ0n) is 12.6. The van der Waals surface area contributed by atoms with Crippen molar-refractivity contribution < 1.29 is 4.21 Å². The Morgan fingerprint density at radius 2 is 1.79 bits per heavy atom. The second-order valence-corrected chi connectivity index (χ2v) is 6.68. The molecule has 2 nitrogen and oxygen atoms in total. The molecule has 0 saturated carbocycles. The molecule has 1 rings (SSSR count). The van der Waals surface area contributed by atoms with E-state index in [1.54, 1.807) is 0 Å². The van der Waals surface area contributed by atoms with Crippen molar-refractivity contribution in [3.8, 4) is 0 Å². The monoisotopic (exact) mass is 281 g/mol. The number of nitrogens with one attached hydrogen (secondary N) is 1. The average molecular weight is 281 g/mol. The van der Waals surface area contributed by atoms with Crippen molar-refractivity contribution in [1.29, 1.82) is 0 Å². The molecule has 0 bridgehead atoms. The lowest BCUT2D eigenvalue weighted by molar-refractivity contribution is 0.458. The SMILES string of the molecule is CCCC(NCC)C(CC)S(=O)c1ccc(C)cc1. The van der Waals surface area contributed by atoms with Crippen LogP contribution in [0.15, 0.2) is 29.2 Å². The normalized spacial score (nSPS) is 16.0. The van der Waals surface area contributed by atoms with E-state index in [-0.39, 0.29) is 5.25 Å². The first-order valence-electron chi connectivity index (χ1n) is 7.34. The van der Waals surface area contributed by atoms with Crippen LogP contribution in [0, 0.1) is 6.92 Å². The van der Waals surface area contributed by atoms with E-state index in [0.29, 0.717) is 6.04 Å². The lowest BCUT2D eigenvalue weighted by atomic mass is 10.1. The van der Waals surface area contributed by atoms with Gasteiger partial charge in [0, 0.05) is 10.9 Å². The average Bonchev–Trinajstić information content (AvgIpc) is 2.40. The molecule has 0 aliphatic rings. The van der Waals surface area contributed by atoms with Gasteiger partial charge in [0.15, 0.2) is 0 Å². The highest BCUT2D eigenvalue weighted by molar-refractivity contribution is 7.85. The van der Waals surface area contributed by atoms with Crippen LogP contribution < -0.4 is 5.32 Å². The van der Waals surface area contributed by atoms with Gasteiger partial charge in [-0.2, -0.15) is 0 Å². The zero-order valence-corrected chi connectivity index (χ0v) is 13.4. The lowest BCUT2D eigenvalue weighted by Crippen LogP contribution is -2.41. The summed E-state index contributed by atoms with van der Waals surface area (Å²) in [6.07, 6.45) is 3.15. The summed E-state index contributed by atoms with van der Waals surface area (Å²) < 4.78 is 12.7. The molecular weight excluding hydrogens is 254 g/mol. The Morgan fingerprint density at radius 1 is 1.16 bits per heavy atom. The fourth-order valence-electron chi connectivity index (χ4n) is 2.42. The van der Waals surface area contributed by atoms with Crippen LogP contribution in [0.4, 0.5) is 0 Å². The molecule has 3 unspecified atom stereocenters. The molecule has 1 N–H and O–H groups in total. The second-order valence-electron chi connectivity index (χ2n) is 5.01. The summed E-state index contributed by atoms with van der Waals surface area (Å²) in [6, 6.07) is 8.44. The number of hydrogen-bond acceptors (Lipinski definition) is 2. The summed E-state index contributed by atoms with van der Waals surface area (Å²) in [5.41, 5.74) is 1.21. The van der Waals surface area contributed by atoms with E-state index in [9.17, 15) is 4.21 Å². The Kier molecular flexibility index (Phi) is 7.32. The van der Waals surface area contributed by atoms with E-state index in [1.807, 2.05) is 24.3 Å². The standard InChI is InChI=1S/C16H27NOS/c1-5-8-15(17-7-3)16(6-2)19(18)14-11-9-13(4)10-12-14/h9-12,15-17H,5-8H2,1-4H3. The number of aryl methyl sites for hydroxylation is 1. The zero-order chi connectivity index (χ0) is 14.3. The molecule has 0 aromatic heterocycles. The van der Waals surface area contributed by atoms with E-state index in [1.165, 1.54) is 5.56 Å². The van der Waals surface area contributed by atoms with E-state index in [2.05, 4.69) is 33.0 Å².